The lowest BCUT2D eigenvalue weighted by molar-refractivity contribution is -0.117. The summed E-state index contributed by atoms with van der Waals surface area (Å²) in [6.45, 7) is -2.98. The number of rotatable bonds is 5. The maximum atomic E-state index is 13.7. The van der Waals surface area contributed by atoms with Gasteiger partial charge in [0.1, 0.15) is 11.6 Å². The molecule has 0 aliphatic heterocycles. The Balaban J connectivity index is 1.64. The number of anilines is 1. The molecular weight excluding hydrogens is 343 g/mol. The van der Waals surface area contributed by atoms with Crippen LogP contribution in [0.5, 0.6) is 5.75 Å². The summed E-state index contributed by atoms with van der Waals surface area (Å²) in [7, 11) is 0. The van der Waals surface area contributed by atoms with E-state index < -0.39 is 6.61 Å². The summed E-state index contributed by atoms with van der Waals surface area (Å²) in [5, 5.41) is 2.62. The first-order valence-corrected chi connectivity index (χ1v) is 7.63. The van der Waals surface area contributed by atoms with Crippen molar-refractivity contribution in [1.29, 1.82) is 0 Å². The largest absolute Gasteiger partial charge is 0.433 e. The van der Waals surface area contributed by atoms with Crippen molar-refractivity contribution < 1.29 is 22.7 Å². The number of carbonyl (C=O) groups is 1. The van der Waals surface area contributed by atoms with Crippen molar-refractivity contribution in [2.45, 2.75) is 19.0 Å². The molecule has 1 aliphatic rings. The van der Waals surface area contributed by atoms with Crippen LogP contribution in [0.1, 0.15) is 17.9 Å². The molecule has 3 rings (SSSR count). The first-order valence-electron chi connectivity index (χ1n) is 7.25. The minimum absolute atomic E-state index is 0.0328. The monoisotopic (exact) mass is 355 g/mol. The van der Waals surface area contributed by atoms with E-state index in [-0.39, 0.29) is 34.3 Å². The summed E-state index contributed by atoms with van der Waals surface area (Å²) in [5.41, 5.74) is 0.891. The highest BCUT2D eigenvalue weighted by atomic mass is 35.5. The van der Waals surface area contributed by atoms with Gasteiger partial charge in [-0.1, -0.05) is 29.8 Å². The summed E-state index contributed by atoms with van der Waals surface area (Å²) < 4.78 is 42.3. The average molecular weight is 356 g/mol. The van der Waals surface area contributed by atoms with E-state index in [1.807, 2.05) is 0 Å². The van der Waals surface area contributed by atoms with Gasteiger partial charge in [-0.2, -0.15) is 8.78 Å². The predicted molar refractivity (Wildman–Crippen MR) is 84.0 cm³/mol. The minimum atomic E-state index is -2.98. The van der Waals surface area contributed by atoms with Crippen molar-refractivity contribution in [2.24, 2.45) is 5.92 Å². The second-order valence-corrected chi connectivity index (χ2v) is 5.89. The third-order valence-corrected chi connectivity index (χ3v) is 4.14. The Morgan fingerprint density at radius 3 is 2.67 bits per heavy atom. The summed E-state index contributed by atoms with van der Waals surface area (Å²) in [6.07, 6.45) is 0.563. The molecule has 0 heterocycles. The molecule has 24 heavy (non-hydrogen) atoms. The number of nitrogens with one attached hydrogen (secondary N) is 1. The average Bonchev–Trinajstić information content (AvgIpc) is 3.30. The van der Waals surface area contributed by atoms with E-state index in [1.165, 1.54) is 24.3 Å². The standard InChI is InChI=1S/C17H13ClF3NO2/c18-13-7-9(5-6-15(13)24-17(20)21)22-16(23)12-8-11(12)10-3-1-2-4-14(10)19/h1-7,11-12,17H,8H2,(H,22,23). The van der Waals surface area contributed by atoms with Gasteiger partial charge >= 0.3 is 6.61 Å². The number of hydrogen-bond acceptors (Lipinski definition) is 2. The third-order valence-electron chi connectivity index (χ3n) is 3.85. The summed E-state index contributed by atoms with van der Waals surface area (Å²) >= 11 is 5.84. The maximum Gasteiger partial charge on any atom is 0.387 e. The molecule has 2 aromatic carbocycles. The van der Waals surface area contributed by atoms with Crippen molar-refractivity contribution in [2.75, 3.05) is 5.32 Å². The second kappa shape index (κ2) is 6.73. The van der Waals surface area contributed by atoms with Crippen LogP contribution in [-0.4, -0.2) is 12.5 Å². The lowest BCUT2D eigenvalue weighted by atomic mass is 10.1. The highest BCUT2D eigenvalue weighted by molar-refractivity contribution is 6.32. The zero-order valence-electron chi connectivity index (χ0n) is 12.3. The van der Waals surface area contributed by atoms with Crippen LogP contribution >= 0.6 is 11.6 Å². The molecule has 1 fully saturated rings. The van der Waals surface area contributed by atoms with Crippen LogP contribution in [0, 0.1) is 11.7 Å². The van der Waals surface area contributed by atoms with Gasteiger partial charge in [-0.25, -0.2) is 4.39 Å². The van der Waals surface area contributed by atoms with Gasteiger partial charge in [-0.3, -0.25) is 4.79 Å². The van der Waals surface area contributed by atoms with Crippen molar-refractivity contribution in [1.82, 2.24) is 0 Å². The van der Waals surface area contributed by atoms with E-state index in [1.54, 1.807) is 18.2 Å². The highest BCUT2D eigenvalue weighted by Gasteiger charge is 2.45. The zero-order valence-corrected chi connectivity index (χ0v) is 13.1. The molecule has 0 saturated heterocycles. The molecule has 126 valence electrons. The topological polar surface area (TPSA) is 38.3 Å². The molecule has 1 amide bonds. The van der Waals surface area contributed by atoms with E-state index >= 15 is 0 Å². The summed E-state index contributed by atoms with van der Waals surface area (Å²) in [5.74, 6) is -1.22. The molecule has 1 saturated carbocycles. The van der Waals surface area contributed by atoms with Crippen LogP contribution in [0.25, 0.3) is 0 Å². The van der Waals surface area contributed by atoms with Crippen LogP contribution in [0.3, 0.4) is 0 Å². The normalized spacial score (nSPS) is 19.2. The smallest absolute Gasteiger partial charge is 0.387 e. The van der Waals surface area contributed by atoms with Crippen LogP contribution in [0.4, 0.5) is 18.9 Å². The molecule has 2 atom stereocenters. The Kier molecular flexibility index (Phi) is 4.66. The number of amides is 1. The predicted octanol–water partition coefficient (Wildman–Crippen LogP) is 4.82. The van der Waals surface area contributed by atoms with Crippen molar-refractivity contribution in [3.63, 3.8) is 0 Å². The van der Waals surface area contributed by atoms with Gasteiger partial charge < -0.3 is 10.1 Å². The fourth-order valence-electron chi connectivity index (χ4n) is 2.61. The first-order chi connectivity index (χ1) is 11.5. The second-order valence-electron chi connectivity index (χ2n) is 5.48. The lowest BCUT2D eigenvalue weighted by Gasteiger charge is -2.09. The van der Waals surface area contributed by atoms with Crippen LogP contribution in [0.15, 0.2) is 42.5 Å². The molecule has 0 bridgehead atoms. The first kappa shape index (κ1) is 16.6. The van der Waals surface area contributed by atoms with Gasteiger partial charge in [0, 0.05) is 11.6 Å². The SMILES string of the molecule is O=C(Nc1ccc(OC(F)F)c(Cl)c1)C1CC1c1ccccc1F. The quantitative estimate of drug-likeness (QED) is 0.834. The molecular formula is C17H13ClF3NO2. The molecule has 1 aliphatic carbocycles. The number of halogens is 4. The van der Waals surface area contributed by atoms with Gasteiger partial charge in [0.25, 0.3) is 0 Å². The van der Waals surface area contributed by atoms with Crippen LogP contribution in [0.2, 0.25) is 5.02 Å². The zero-order chi connectivity index (χ0) is 17.3. The number of carbonyl (C=O) groups excluding carboxylic acids is 1. The molecule has 1 N–H and O–H groups in total. The summed E-state index contributed by atoms with van der Waals surface area (Å²) in [6, 6.07) is 10.4. The number of benzene rings is 2. The van der Waals surface area contributed by atoms with Gasteiger partial charge in [-0.05, 0) is 42.2 Å². The molecule has 0 radical (unpaired) electrons. The van der Waals surface area contributed by atoms with E-state index in [2.05, 4.69) is 10.1 Å². The van der Waals surface area contributed by atoms with E-state index in [9.17, 15) is 18.0 Å². The van der Waals surface area contributed by atoms with E-state index in [0.717, 1.165) is 0 Å². The molecule has 0 aromatic heterocycles. The van der Waals surface area contributed by atoms with Gasteiger partial charge in [0.05, 0.1) is 5.02 Å². The Bertz CT molecular complexity index is 769. The fraction of sp³-hybridized carbons (Fsp3) is 0.235. The Morgan fingerprint density at radius 2 is 2.00 bits per heavy atom. The van der Waals surface area contributed by atoms with Crippen molar-refractivity contribution in [3.05, 3.63) is 58.9 Å². The van der Waals surface area contributed by atoms with Crippen molar-refractivity contribution in [3.8, 4) is 5.75 Å². The van der Waals surface area contributed by atoms with Gasteiger partial charge in [0.15, 0.2) is 0 Å². The van der Waals surface area contributed by atoms with Crippen LogP contribution in [-0.2, 0) is 4.79 Å². The molecule has 7 heteroatoms. The molecule has 3 nitrogen and oxygen atoms in total. The lowest BCUT2D eigenvalue weighted by Crippen LogP contribution is -2.14. The number of alkyl halides is 2. The number of hydrogen-bond donors (Lipinski definition) is 1. The molecule has 0 spiro atoms. The Morgan fingerprint density at radius 1 is 1.25 bits per heavy atom. The maximum absolute atomic E-state index is 13.7. The van der Waals surface area contributed by atoms with Crippen molar-refractivity contribution >= 4 is 23.2 Å². The summed E-state index contributed by atoms with van der Waals surface area (Å²) in [4.78, 5) is 12.2. The highest BCUT2D eigenvalue weighted by Crippen LogP contribution is 2.48. The number of ether oxygens (including phenoxy) is 1. The van der Waals surface area contributed by atoms with Crippen LogP contribution < -0.4 is 10.1 Å². The van der Waals surface area contributed by atoms with E-state index in [0.29, 0.717) is 17.7 Å². The fourth-order valence-corrected chi connectivity index (χ4v) is 2.83. The molecule has 2 unspecified atom stereocenters. The third kappa shape index (κ3) is 3.64. The Labute approximate surface area is 141 Å². The molecule has 2 aromatic rings. The Hall–Kier alpha value is -2.21. The van der Waals surface area contributed by atoms with Gasteiger partial charge in [-0.15, -0.1) is 0 Å². The van der Waals surface area contributed by atoms with Gasteiger partial charge in [0.2, 0.25) is 5.91 Å². The van der Waals surface area contributed by atoms with E-state index in [4.69, 9.17) is 11.6 Å². The minimum Gasteiger partial charge on any atom is -0.433 e.